The van der Waals surface area contributed by atoms with Crippen molar-refractivity contribution in [1.29, 1.82) is 0 Å². The number of hydrogen-bond acceptors (Lipinski definition) is 3. The Hall–Kier alpha value is -2.30. The van der Waals surface area contributed by atoms with E-state index in [0.29, 0.717) is 11.4 Å². The van der Waals surface area contributed by atoms with E-state index in [9.17, 15) is 4.79 Å². The molecule has 0 saturated heterocycles. The molecule has 1 aromatic heterocycles. The van der Waals surface area contributed by atoms with Crippen LogP contribution < -0.4 is 11.1 Å². The highest BCUT2D eigenvalue weighted by Gasteiger charge is 2.30. The van der Waals surface area contributed by atoms with E-state index >= 15 is 0 Å². The second-order valence-corrected chi connectivity index (χ2v) is 5.96. The standard InChI is InChI=1S/C16H20N4O/c1-16(8-2-3-9-16)18-15(21)14-7-10-20(19-14)13-6-4-5-12(17)11-13/h4-7,10-11H,2-3,8-9,17H2,1H3,(H,18,21). The third kappa shape index (κ3) is 2.91. The van der Waals surface area contributed by atoms with E-state index in [2.05, 4.69) is 17.3 Å². The van der Waals surface area contributed by atoms with Crippen molar-refractivity contribution in [2.45, 2.75) is 38.1 Å². The molecule has 0 spiro atoms. The molecule has 21 heavy (non-hydrogen) atoms. The van der Waals surface area contributed by atoms with Crippen molar-refractivity contribution in [1.82, 2.24) is 15.1 Å². The highest BCUT2D eigenvalue weighted by molar-refractivity contribution is 5.92. The van der Waals surface area contributed by atoms with Crippen LogP contribution in [-0.4, -0.2) is 21.2 Å². The van der Waals surface area contributed by atoms with Crippen LogP contribution >= 0.6 is 0 Å². The van der Waals surface area contributed by atoms with Crippen LogP contribution in [0.1, 0.15) is 43.1 Å². The van der Waals surface area contributed by atoms with Gasteiger partial charge in [0.2, 0.25) is 0 Å². The molecule has 110 valence electrons. The number of anilines is 1. The Morgan fingerprint density at radius 3 is 2.81 bits per heavy atom. The van der Waals surface area contributed by atoms with Gasteiger partial charge in [0.05, 0.1) is 5.69 Å². The first-order valence-electron chi connectivity index (χ1n) is 7.30. The van der Waals surface area contributed by atoms with Crippen molar-refractivity contribution in [2.75, 3.05) is 5.73 Å². The zero-order valence-corrected chi connectivity index (χ0v) is 12.2. The molecule has 1 aliphatic rings. The summed E-state index contributed by atoms with van der Waals surface area (Å²) in [6, 6.07) is 9.15. The number of aromatic nitrogens is 2. The molecular formula is C16H20N4O. The third-order valence-corrected chi connectivity index (χ3v) is 4.08. The normalized spacial score (nSPS) is 16.8. The largest absolute Gasteiger partial charge is 0.399 e. The molecule has 1 fully saturated rings. The molecule has 0 bridgehead atoms. The van der Waals surface area contributed by atoms with E-state index in [1.165, 1.54) is 12.8 Å². The summed E-state index contributed by atoms with van der Waals surface area (Å²) in [6.45, 7) is 2.10. The van der Waals surface area contributed by atoms with E-state index < -0.39 is 0 Å². The van der Waals surface area contributed by atoms with E-state index in [0.717, 1.165) is 18.5 Å². The van der Waals surface area contributed by atoms with Gasteiger partial charge < -0.3 is 11.1 Å². The Kier molecular flexibility index (Phi) is 3.41. The summed E-state index contributed by atoms with van der Waals surface area (Å²) in [7, 11) is 0. The third-order valence-electron chi connectivity index (χ3n) is 4.08. The maximum absolute atomic E-state index is 12.3. The van der Waals surface area contributed by atoms with Gasteiger partial charge in [-0.25, -0.2) is 4.68 Å². The van der Waals surface area contributed by atoms with Crippen molar-refractivity contribution in [3.05, 3.63) is 42.2 Å². The fourth-order valence-electron chi connectivity index (χ4n) is 2.87. The number of hydrogen-bond donors (Lipinski definition) is 2. The SMILES string of the molecule is CC1(NC(=O)c2ccn(-c3cccc(N)c3)n2)CCCC1. The van der Waals surface area contributed by atoms with Gasteiger partial charge in [-0.2, -0.15) is 5.10 Å². The van der Waals surface area contributed by atoms with Crippen LogP contribution in [0.15, 0.2) is 36.5 Å². The molecule has 3 N–H and O–H groups in total. The number of carbonyl (C=O) groups is 1. The zero-order chi connectivity index (χ0) is 14.9. The molecule has 0 aliphatic heterocycles. The summed E-state index contributed by atoms with van der Waals surface area (Å²) >= 11 is 0. The molecule has 3 rings (SSSR count). The first-order valence-corrected chi connectivity index (χ1v) is 7.30. The van der Waals surface area contributed by atoms with Crippen molar-refractivity contribution in [2.24, 2.45) is 0 Å². The topological polar surface area (TPSA) is 72.9 Å². The second kappa shape index (κ2) is 5.24. The van der Waals surface area contributed by atoms with Gasteiger partial charge in [0.15, 0.2) is 5.69 Å². The molecule has 5 heteroatoms. The van der Waals surface area contributed by atoms with Gasteiger partial charge in [-0.3, -0.25) is 4.79 Å². The first kappa shape index (κ1) is 13.7. The fourth-order valence-corrected chi connectivity index (χ4v) is 2.87. The van der Waals surface area contributed by atoms with E-state index in [-0.39, 0.29) is 11.4 Å². The molecule has 0 radical (unpaired) electrons. The lowest BCUT2D eigenvalue weighted by molar-refractivity contribution is 0.0902. The monoisotopic (exact) mass is 284 g/mol. The highest BCUT2D eigenvalue weighted by atomic mass is 16.2. The Morgan fingerprint density at radius 2 is 2.10 bits per heavy atom. The number of rotatable bonds is 3. The minimum absolute atomic E-state index is 0.0853. The second-order valence-electron chi connectivity index (χ2n) is 5.96. The minimum atomic E-state index is -0.109. The average molecular weight is 284 g/mol. The van der Waals surface area contributed by atoms with E-state index in [4.69, 9.17) is 5.73 Å². The lowest BCUT2D eigenvalue weighted by Crippen LogP contribution is -2.43. The highest BCUT2D eigenvalue weighted by Crippen LogP contribution is 2.29. The summed E-state index contributed by atoms with van der Waals surface area (Å²) in [5.41, 5.74) is 7.64. The first-order chi connectivity index (χ1) is 10.1. The van der Waals surface area contributed by atoms with Gasteiger partial charge in [-0.15, -0.1) is 0 Å². The number of carbonyl (C=O) groups excluding carboxylic acids is 1. The quantitative estimate of drug-likeness (QED) is 0.851. The summed E-state index contributed by atoms with van der Waals surface area (Å²) < 4.78 is 1.67. The number of amides is 1. The van der Waals surface area contributed by atoms with Crippen LogP contribution in [0, 0.1) is 0 Å². The molecule has 1 amide bonds. The Morgan fingerprint density at radius 1 is 1.33 bits per heavy atom. The predicted octanol–water partition coefficient (Wildman–Crippen LogP) is 2.52. The zero-order valence-electron chi connectivity index (χ0n) is 12.2. The number of nitrogens with zero attached hydrogens (tertiary/aromatic N) is 2. The summed E-state index contributed by atoms with van der Waals surface area (Å²) in [5, 5.41) is 7.45. The van der Waals surface area contributed by atoms with Crippen molar-refractivity contribution in [3.63, 3.8) is 0 Å². The fraction of sp³-hybridized carbons (Fsp3) is 0.375. The molecular weight excluding hydrogens is 264 g/mol. The molecule has 0 atom stereocenters. The molecule has 0 unspecified atom stereocenters. The van der Waals surface area contributed by atoms with E-state index in [1.807, 2.05) is 24.3 Å². The van der Waals surface area contributed by atoms with Crippen LogP contribution in [0.25, 0.3) is 5.69 Å². The van der Waals surface area contributed by atoms with Gasteiger partial charge in [-0.05, 0) is 44.0 Å². The van der Waals surface area contributed by atoms with Crippen molar-refractivity contribution < 1.29 is 4.79 Å². The lowest BCUT2D eigenvalue weighted by atomic mass is 10.0. The van der Waals surface area contributed by atoms with Gasteiger partial charge in [0.1, 0.15) is 0 Å². The summed E-state index contributed by atoms with van der Waals surface area (Å²) in [4.78, 5) is 12.3. The minimum Gasteiger partial charge on any atom is -0.399 e. The van der Waals surface area contributed by atoms with Crippen LogP contribution in [-0.2, 0) is 0 Å². The van der Waals surface area contributed by atoms with Gasteiger partial charge in [0, 0.05) is 17.4 Å². The molecule has 1 heterocycles. The Labute approximate surface area is 124 Å². The van der Waals surface area contributed by atoms with E-state index in [1.54, 1.807) is 16.9 Å². The lowest BCUT2D eigenvalue weighted by Gasteiger charge is -2.24. The van der Waals surface area contributed by atoms with Gasteiger partial charge >= 0.3 is 0 Å². The number of nitrogens with one attached hydrogen (secondary N) is 1. The maximum atomic E-state index is 12.3. The van der Waals surface area contributed by atoms with Gasteiger partial charge in [0.25, 0.3) is 5.91 Å². The van der Waals surface area contributed by atoms with Gasteiger partial charge in [-0.1, -0.05) is 18.9 Å². The van der Waals surface area contributed by atoms with Crippen molar-refractivity contribution in [3.8, 4) is 5.69 Å². The Bertz CT molecular complexity index is 656. The number of nitrogen functional groups attached to an aromatic ring is 1. The van der Waals surface area contributed by atoms with Crippen LogP contribution in [0.4, 0.5) is 5.69 Å². The maximum Gasteiger partial charge on any atom is 0.272 e. The number of nitrogens with two attached hydrogens (primary N) is 1. The molecule has 1 saturated carbocycles. The van der Waals surface area contributed by atoms with Crippen LogP contribution in [0.5, 0.6) is 0 Å². The Balaban J connectivity index is 1.77. The van der Waals surface area contributed by atoms with Crippen LogP contribution in [0.2, 0.25) is 0 Å². The predicted molar refractivity (Wildman–Crippen MR) is 82.3 cm³/mol. The molecule has 5 nitrogen and oxygen atoms in total. The average Bonchev–Trinajstić information content (AvgIpc) is 3.08. The smallest absolute Gasteiger partial charge is 0.272 e. The molecule has 2 aromatic rings. The summed E-state index contributed by atoms with van der Waals surface area (Å²) in [5.74, 6) is -0.109. The van der Waals surface area contributed by atoms with Crippen molar-refractivity contribution >= 4 is 11.6 Å². The van der Waals surface area contributed by atoms with Crippen LogP contribution in [0.3, 0.4) is 0 Å². The molecule has 1 aromatic carbocycles. The molecule has 1 aliphatic carbocycles. The summed E-state index contributed by atoms with van der Waals surface area (Å²) in [6.07, 6.45) is 6.20. The number of benzene rings is 1.